The van der Waals surface area contributed by atoms with Crippen LogP contribution in [0.3, 0.4) is 0 Å². The van der Waals surface area contributed by atoms with Crippen LogP contribution in [0.1, 0.15) is 37.4 Å². The summed E-state index contributed by atoms with van der Waals surface area (Å²) >= 11 is 0. The Morgan fingerprint density at radius 3 is 1.98 bits per heavy atom. The van der Waals surface area contributed by atoms with Gasteiger partial charge in [0.25, 0.3) is 20.1 Å². The molecule has 0 spiro atoms. The van der Waals surface area contributed by atoms with Crippen molar-refractivity contribution >= 4 is 54.5 Å². The van der Waals surface area contributed by atoms with Gasteiger partial charge in [0.15, 0.2) is 11.6 Å². The van der Waals surface area contributed by atoms with Crippen LogP contribution in [0.2, 0.25) is 0 Å². The molecule has 0 atom stereocenters. The number of benzene rings is 4. The highest BCUT2D eigenvalue weighted by Gasteiger charge is 2.34. The number of nitrogens with one attached hydrogen (secondary N) is 1. The van der Waals surface area contributed by atoms with Gasteiger partial charge in [-0.05, 0) is 61.0 Å². The second-order valence-corrected chi connectivity index (χ2v) is 12.6. The lowest BCUT2D eigenvalue weighted by molar-refractivity contribution is 0.0980. The van der Waals surface area contributed by atoms with Crippen LogP contribution in [-0.2, 0) is 20.1 Å². The lowest BCUT2D eigenvalue weighted by Gasteiger charge is -2.24. The summed E-state index contributed by atoms with van der Waals surface area (Å²) in [5.41, 5.74) is 8.55. The van der Waals surface area contributed by atoms with E-state index in [4.69, 9.17) is 5.73 Å². The van der Waals surface area contributed by atoms with Gasteiger partial charge in [0, 0.05) is 29.5 Å². The fraction of sp³-hybridized carbons (Fsp3) is 0.0714. The molecule has 0 aliphatic heterocycles. The molecule has 0 saturated heterocycles. The second-order valence-electron chi connectivity index (χ2n) is 9.20. The van der Waals surface area contributed by atoms with Gasteiger partial charge in [-0.3, -0.25) is 18.4 Å². The molecule has 0 amide bonds. The normalized spacial score (nSPS) is 13.0. The highest BCUT2D eigenvalue weighted by Crippen LogP contribution is 2.38. The molecule has 1 aliphatic carbocycles. The molecule has 0 unspecified atom stereocenters. The van der Waals surface area contributed by atoms with Crippen LogP contribution in [0.4, 0.5) is 22.7 Å². The Hall–Kier alpha value is -4.52. The summed E-state index contributed by atoms with van der Waals surface area (Å²) in [5, 5.41) is 3.09. The van der Waals surface area contributed by atoms with Crippen molar-refractivity contribution in [1.29, 1.82) is 0 Å². The highest BCUT2D eigenvalue weighted by atomic mass is 32.2. The van der Waals surface area contributed by atoms with E-state index < -0.39 is 20.1 Å². The second kappa shape index (κ2) is 9.59. The molecule has 204 valence electrons. The molecule has 0 fully saturated rings. The van der Waals surface area contributed by atoms with E-state index >= 15 is 0 Å². The average molecular weight is 578 g/mol. The van der Waals surface area contributed by atoms with Crippen LogP contribution in [0.15, 0.2) is 88.7 Å². The number of fused-ring (bicyclic) bond motifs is 2. The third-order valence-electron chi connectivity index (χ3n) is 6.71. The molecule has 4 aromatic carbocycles. The Bertz CT molecular complexity index is 1940. The van der Waals surface area contributed by atoms with E-state index in [-0.39, 0.29) is 55.0 Å². The Kier molecular flexibility index (Phi) is 6.49. The van der Waals surface area contributed by atoms with Gasteiger partial charge in [-0.25, -0.2) is 8.42 Å². The minimum Gasteiger partial charge on any atom is -0.398 e. The largest absolute Gasteiger partial charge is 0.398 e. The number of carbonyl (C=O) groups excluding carboxylic acids is 2. The van der Waals surface area contributed by atoms with Crippen molar-refractivity contribution in [2.75, 3.05) is 22.4 Å². The number of sulfonamides is 1. The van der Waals surface area contributed by atoms with Crippen molar-refractivity contribution in [3.8, 4) is 0 Å². The zero-order valence-corrected chi connectivity index (χ0v) is 22.9. The molecular weight excluding hydrogens is 554 g/mol. The maximum absolute atomic E-state index is 13.5. The minimum absolute atomic E-state index is 0.0901. The minimum atomic E-state index is -4.43. The van der Waals surface area contributed by atoms with E-state index in [1.807, 2.05) is 0 Å². The highest BCUT2D eigenvalue weighted by molar-refractivity contribution is 7.92. The molecule has 4 N–H and O–H groups in total. The number of nitrogens with two attached hydrogens (primary N) is 1. The van der Waals surface area contributed by atoms with E-state index in [1.54, 1.807) is 43.3 Å². The smallest absolute Gasteiger partial charge is 0.294 e. The molecule has 0 radical (unpaired) electrons. The van der Waals surface area contributed by atoms with Gasteiger partial charge >= 0.3 is 0 Å². The summed E-state index contributed by atoms with van der Waals surface area (Å²) in [6.07, 6.45) is 0. The van der Waals surface area contributed by atoms with Crippen LogP contribution in [0.25, 0.3) is 0 Å². The van der Waals surface area contributed by atoms with Crippen molar-refractivity contribution in [2.24, 2.45) is 0 Å². The number of nitrogen functional groups attached to an aromatic ring is 1. The number of hydrogen-bond donors (Lipinski definition) is 3. The van der Waals surface area contributed by atoms with Crippen LogP contribution in [0, 0.1) is 6.92 Å². The number of anilines is 4. The van der Waals surface area contributed by atoms with Gasteiger partial charge in [-0.2, -0.15) is 8.42 Å². The van der Waals surface area contributed by atoms with Crippen molar-refractivity contribution in [3.05, 3.63) is 107 Å². The van der Waals surface area contributed by atoms with E-state index in [2.05, 4.69) is 5.32 Å². The van der Waals surface area contributed by atoms with Crippen molar-refractivity contribution in [3.63, 3.8) is 0 Å². The van der Waals surface area contributed by atoms with Gasteiger partial charge < -0.3 is 11.1 Å². The van der Waals surface area contributed by atoms with Crippen LogP contribution >= 0.6 is 0 Å². The number of carbonyl (C=O) groups is 2. The maximum Gasteiger partial charge on any atom is 0.294 e. The Balaban J connectivity index is 1.52. The van der Waals surface area contributed by atoms with Crippen LogP contribution < -0.4 is 15.4 Å². The molecule has 0 aromatic heterocycles. The average Bonchev–Trinajstić information content (AvgIpc) is 2.93. The summed E-state index contributed by atoms with van der Waals surface area (Å²) in [6.45, 7) is 1.71. The lowest BCUT2D eigenvalue weighted by Crippen LogP contribution is -2.26. The summed E-state index contributed by atoms with van der Waals surface area (Å²) < 4.78 is 59.6. The topological polar surface area (TPSA) is 164 Å². The molecule has 0 saturated carbocycles. The molecule has 10 nitrogen and oxygen atoms in total. The fourth-order valence-corrected chi connectivity index (χ4v) is 6.29. The number of hydrogen-bond acceptors (Lipinski definition) is 8. The fourth-order valence-electron chi connectivity index (χ4n) is 4.57. The molecule has 12 heteroatoms. The van der Waals surface area contributed by atoms with E-state index in [0.29, 0.717) is 16.9 Å². The molecule has 40 heavy (non-hydrogen) atoms. The third kappa shape index (κ3) is 4.51. The van der Waals surface area contributed by atoms with Gasteiger partial charge in [-0.1, -0.05) is 30.3 Å². The first-order valence-electron chi connectivity index (χ1n) is 11.9. The van der Waals surface area contributed by atoms with Crippen LogP contribution in [0.5, 0.6) is 0 Å². The van der Waals surface area contributed by atoms with Crippen molar-refractivity contribution in [1.82, 2.24) is 0 Å². The van der Waals surface area contributed by atoms with Gasteiger partial charge in [0.1, 0.15) is 0 Å². The zero-order chi connectivity index (χ0) is 29.0. The Morgan fingerprint density at radius 1 is 0.775 bits per heavy atom. The number of ketones is 2. The molecule has 1 aliphatic rings. The summed E-state index contributed by atoms with van der Waals surface area (Å²) in [5.74, 6) is -0.747. The molecule has 0 bridgehead atoms. The van der Waals surface area contributed by atoms with Crippen LogP contribution in [-0.4, -0.2) is 40.0 Å². The maximum atomic E-state index is 13.5. The first kappa shape index (κ1) is 27.1. The first-order valence-corrected chi connectivity index (χ1v) is 14.7. The SMILES string of the molecule is Cc1cc(Nc2cccc(S(=O)(=O)N(C)c3ccc(S(=O)(=O)O)cc3)c2)c2c(c1N)C(=O)c1ccccc1C2=O. The Morgan fingerprint density at radius 2 is 1.38 bits per heavy atom. The molecule has 0 heterocycles. The number of nitrogens with zero attached hydrogens (tertiary/aromatic N) is 1. The third-order valence-corrected chi connectivity index (χ3v) is 9.36. The number of rotatable bonds is 6. The molecule has 4 aromatic rings. The summed E-state index contributed by atoms with van der Waals surface area (Å²) in [4.78, 5) is 26.3. The molecule has 5 rings (SSSR count). The van der Waals surface area contributed by atoms with E-state index in [1.165, 1.54) is 37.4 Å². The zero-order valence-electron chi connectivity index (χ0n) is 21.2. The monoisotopic (exact) mass is 577 g/mol. The summed E-state index contributed by atoms with van der Waals surface area (Å²) in [6, 6.07) is 18.7. The first-order chi connectivity index (χ1) is 18.8. The van der Waals surface area contributed by atoms with Crippen molar-refractivity contribution < 1.29 is 31.0 Å². The predicted molar refractivity (Wildman–Crippen MR) is 150 cm³/mol. The van der Waals surface area contributed by atoms with Gasteiger partial charge in [0.2, 0.25) is 0 Å². The van der Waals surface area contributed by atoms with Gasteiger partial charge in [0.05, 0.1) is 32.3 Å². The standard InChI is InChI=1S/C28H23N3O7S2/c1-16-14-23(24-25(26(16)29)28(33)22-9-4-3-8-21(22)27(24)32)30-17-6-5-7-20(15-17)39(34,35)31(2)18-10-12-19(13-11-18)40(36,37)38/h3-15,30H,29H2,1-2H3,(H,36,37,38). The van der Waals surface area contributed by atoms with Crippen molar-refractivity contribution in [2.45, 2.75) is 16.7 Å². The predicted octanol–water partition coefficient (Wildman–Crippen LogP) is 4.17. The lowest BCUT2D eigenvalue weighted by atomic mass is 9.81. The van der Waals surface area contributed by atoms with Gasteiger partial charge in [-0.15, -0.1) is 0 Å². The van der Waals surface area contributed by atoms with E-state index in [0.717, 1.165) is 16.4 Å². The quantitative estimate of drug-likeness (QED) is 0.198. The summed E-state index contributed by atoms with van der Waals surface area (Å²) in [7, 11) is -7.24. The van der Waals surface area contributed by atoms with E-state index in [9.17, 15) is 31.0 Å². The number of aryl methyl sites for hydroxylation is 1. The Labute approximate surface area is 230 Å². The molecular formula is C28H23N3O7S2.